The molecule has 0 unspecified atom stereocenters. The number of aromatic nitrogens is 1. The fraction of sp³-hybridized carbons (Fsp3) is 0. The summed E-state index contributed by atoms with van der Waals surface area (Å²) in [5, 5.41) is 7.58. The summed E-state index contributed by atoms with van der Waals surface area (Å²) in [6.45, 7) is 0. The number of hydrogen-bond acceptors (Lipinski definition) is 3. The summed E-state index contributed by atoms with van der Waals surface area (Å²) in [6, 6.07) is 30.7. The third kappa shape index (κ3) is 2.20. The minimum Gasteiger partial charge on any atom is -0.455 e. The molecular formula is C25H15NO2. The Bertz CT molecular complexity index is 1470. The van der Waals surface area contributed by atoms with Crippen molar-refractivity contribution in [3.8, 4) is 22.4 Å². The summed E-state index contributed by atoms with van der Waals surface area (Å²) < 4.78 is 11.7. The summed E-state index contributed by atoms with van der Waals surface area (Å²) in [7, 11) is 0. The van der Waals surface area contributed by atoms with Gasteiger partial charge in [0.15, 0.2) is 5.58 Å². The van der Waals surface area contributed by atoms with Gasteiger partial charge in [-0.05, 0) is 29.8 Å². The quantitative estimate of drug-likeness (QED) is 0.331. The van der Waals surface area contributed by atoms with Crippen LogP contribution >= 0.6 is 0 Å². The zero-order valence-corrected chi connectivity index (χ0v) is 14.9. The SMILES string of the molecule is c1cc(-c2noc3ccccc23)cc(-c2cccc3c2oc2ccccc23)c1. The minimum atomic E-state index is 0.794. The molecule has 0 amide bonds. The first-order valence-electron chi connectivity index (χ1n) is 9.24. The van der Waals surface area contributed by atoms with Crippen LogP contribution in [0.3, 0.4) is 0 Å². The van der Waals surface area contributed by atoms with E-state index in [4.69, 9.17) is 8.94 Å². The van der Waals surface area contributed by atoms with E-state index < -0.39 is 0 Å². The van der Waals surface area contributed by atoms with Crippen molar-refractivity contribution in [3.05, 3.63) is 91.0 Å². The van der Waals surface area contributed by atoms with E-state index in [-0.39, 0.29) is 0 Å². The smallest absolute Gasteiger partial charge is 0.167 e. The molecule has 6 aromatic rings. The second-order valence-corrected chi connectivity index (χ2v) is 6.89. The molecule has 4 aromatic carbocycles. The summed E-state index contributed by atoms with van der Waals surface area (Å²) in [5.41, 5.74) is 6.65. The molecule has 0 radical (unpaired) electrons. The summed E-state index contributed by atoms with van der Waals surface area (Å²) in [4.78, 5) is 0. The van der Waals surface area contributed by atoms with E-state index in [0.717, 1.165) is 55.3 Å². The van der Waals surface area contributed by atoms with Gasteiger partial charge in [-0.2, -0.15) is 0 Å². The predicted octanol–water partition coefficient (Wildman–Crippen LogP) is 7.06. The van der Waals surface area contributed by atoms with Crippen molar-refractivity contribution in [1.29, 1.82) is 0 Å². The third-order valence-electron chi connectivity index (χ3n) is 5.23. The Hall–Kier alpha value is -3.85. The normalized spacial score (nSPS) is 11.6. The van der Waals surface area contributed by atoms with Gasteiger partial charge in [0.05, 0.1) is 0 Å². The zero-order chi connectivity index (χ0) is 18.5. The Morgan fingerprint density at radius 1 is 0.571 bits per heavy atom. The lowest BCUT2D eigenvalue weighted by molar-refractivity contribution is 0.459. The second-order valence-electron chi connectivity index (χ2n) is 6.89. The van der Waals surface area contributed by atoms with Crippen LogP contribution in [0.2, 0.25) is 0 Å². The average Bonchev–Trinajstić information content (AvgIpc) is 3.35. The first kappa shape index (κ1) is 15.2. The number of rotatable bonds is 2. The van der Waals surface area contributed by atoms with E-state index in [2.05, 4.69) is 53.7 Å². The monoisotopic (exact) mass is 361 g/mol. The molecule has 3 heteroatoms. The van der Waals surface area contributed by atoms with E-state index in [1.54, 1.807) is 0 Å². The largest absolute Gasteiger partial charge is 0.455 e. The van der Waals surface area contributed by atoms with Crippen molar-refractivity contribution in [1.82, 2.24) is 5.16 Å². The van der Waals surface area contributed by atoms with Crippen LogP contribution in [0.5, 0.6) is 0 Å². The Morgan fingerprint density at radius 3 is 2.21 bits per heavy atom. The number of benzene rings is 4. The lowest BCUT2D eigenvalue weighted by Crippen LogP contribution is -1.83. The third-order valence-corrected chi connectivity index (χ3v) is 5.23. The van der Waals surface area contributed by atoms with Gasteiger partial charge in [-0.15, -0.1) is 0 Å². The highest BCUT2D eigenvalue weighted by molar-refractivity contribution is 6.09. The molecule has 6 rings (SSSR count). The lowest BCUT2D eigenvalue weighted by atomic mass is 9.99. The summed E-state index contributed by atoms with van der Waals surface area (Å²) >= 11 is 0. The van der Waals surface area contributed by atoms with Crippen LogP contribution in [-0.4, -0.2) is 5.16 Å². The summed E-state index contributed by atoms with van der Waals surface area (Å²) in [5.74, 6) is 0. The van der Waals surface area contributed by atoms with E-state index in [1.165, 1.54) is 0 Å². The van der Waals surface area contributed by atoms with Crippen molar-refractivity contribution in [3.63, 3.8) is 0 Å². The standard InChI is InChI=1S/C25H15NO2/c1-3-13-22-19(9-1)20-12-6-11-18(25(20)27-22)16-7-5-8-17(15-16)24-21-10-2-4-14-23(21)28-26-24/h1-15H. The van der Waals surface area contributed by atoms with E-state index in [1.807, 2.05) is 42.5 Å². The molecule has 0 bridgehead atoms. The van der Waals surface area contributed by atoms with Crippen LogP contribution in [0.1, 0.15) is 0 Å². The molecule has 28 heavy (non-hydrogen) atoms. The molecule has 2 aromatic heterocycles. The number of hydrogen-bond donors (Lipinski definition) is 0. The molecule has 0 aliphatic rings. The van der Waals surface area contributed by atoms with Gasteiger partial charge in [-0.3, -0.25) is 0 Å². The highest BCUT2D eigenvalue weighted by Crippen LogP contribution is 2.37. The van der Waals surface area contributed by atoms with Crippen molar-refractivity contribution >= 4 is 32.9 Å². The topological polar surface area (TPSA) is 39.2 Å². The van der Waals surface area contributed by atoms with Gasteiger partial charge in [0.2, 0.25) is 0 Å². The van der Waals surface area contributed by atoms with Crippen LogP contribution in [0.25, 0.3) is 55.3 Å². The fourth-order valence-corrected chi connectivity index (χ4v) is 3.90. The maximum absolute atomic E-state index is 6.20. The van der Waals surface area contributed by atoms with E-state index in [9.17, 15) is 0 Å². The molecule has 0 N–H and O–H groups in total. The van der Waals surface area contributed by atoms with Crippen LogP contribution in [0.15, 0.2) is 99.9 Å². The lowest BCUT2D eigenvalue weighted by Gasteiger charge is -2.05. The number of para-hydroxylation sites is 3. The van der Waals surface area contributed by atoms with Crippen molar-refractivity contribution < 1.29 is 8.94 Å². The Labute approximate surface area is 160 Å². The van der Waals surface area contributed by atoms with Gasteiger partial charge < -0.3 is 8.94 Å². The fourth-order valence-electron chi connectivity index (χ4n) is 3.90. The Balaban J connectivity index is 1.57. The molecule has 3 nitrogen and oxygen atoms in total. The maximum Gasteiger partial charge on any atom is 0.167 e. The molecule has 0 saturated carbocycles. The molecule has 0 fully saturated rings. The van der Waals surface area contributed by atoms with Crippen LogP contribution in [-0.2, 0) is 0 Å². The van der Waals surface area contributed by atoms with Crippen LogP contribution < -0.4 is 0 Å². The molecule has 0 atom stereocenters. The highest BCUT2D eigenvalue weighted by atomic mass is 16.5. The van der Waals surface area contributed by atoms with Crippen molar-refractivity contribution in [2.75, 3.05) is 0 Å². The Kier molecular flexibility index (Phi) is 3.17. The average molecular weight is 361 g/mol. The molecule has 2 heterocycles. The Morgan fingerprint density at radius 2 is 1.29 bits per heavy atom. The van der Waals surface area contributed by atoms with Crippen molar-refractivity contribution in [2.45, 2.75) is 0 Å². The van der Waals surface area contributed by atoms with Crippen molar-refractivity contribution in [2.24, 2.45) is 0 Å². The van der Waals surface area contributed by atoms with Gasteiger partial charge in [-0.25, -0.2) is 0 Å². The molecule has 0 aliphatic heterocycles. The minimum absolute atomic E-state index is 0.794. The van der Waals surface area contributed by atoms with Gasteiger partial charge in [0.25, 0.3) is 0 Å². The first-order valence-corrected chi connectivity index (χ1v) is 9.24. The molecule has 0 saturated heterocycles. The van der Waals surface area contributed by atoms with Gasteiger partial charge in [-0.1, -0.05) is 71.9 Å². The van der Waals surface area contributed by atoms with E-state index in [0.29, 0.717) is 0 Å². The second kappa shape index (κ2) is 5.83. The molecule has 132 valence electrons. The molecule has 0 spiro atoms. The van der Waals surface area contributed by atoms with Crippen LogP contribution in [0, 0.1) is 0 Å². The number of fused-ring (bicyclic) bond motifs is 4. The van der Waals surface area contributed by atoms with Gasteiger partial charge in [0, 0.05) is 27.3 Å². The predicted molar refractivity (Wildman–Crippen MR) is 112 cm³/mol. The first-order chi connectivity index (χ1) is 13.9. The molecule has 0 aliphatic carbocycles. The maximum atomic E-state index is 6.20. The number of furan rings is 1. The summed E-state index contributed by atoms with van der Waals surface area (Å²) in [6.07, 6.45) is 0. The number of nitrogens with zero attached hydrogens (tertiary/aromatic N) is 1. The van der Waals surface area contributed by atoms with E-state index >= 15 is 0 Å². The van der Waals surface area contributed by atoms with Gasteiger partial charge in [0.1, 0.15) is 16.9 Å². The van der Waals surface area contributed by atoms with Crippen LogP contribution in [0.4, 0.5) is 0 Å². The zero-order valence-electron chi connectivity index (χ0n) is 14.9. The van der Waals surface area contributed by atoms with Gasteiger partial charge >= 0.3 is 0 Å². The molecular weight excluding hydrogens is 346 g/mol. The highest BCUT2D eigenvalue weighted by Gasteiger charge is 2.14.